The Morgan fingerprint density at radius 3 is 2.59 bits per heavy atom. The van der Waals surface area contributed by atoms with Crippen LogP contribution in [0.15, 0.2) is 27.1 Å². The molecule has 0 N–H and O–H groups in total. The number of amides is 1. The lowest BCUT2D eigenvalue weighted by Gasteiger charge is -2.25. The molecule has 94 valence electrons. The van der Waals surface area contributed by atoms with Gasteiger partial charge in [-0.05, 0) is 47.5 Å². The Labute approximate surface area is 120 Å². The molecule has 1 unspecified atom stereocenters. The summed E-state index contributed by atoms with van der Waals surface area (Å²) in [6, 6.07) is 5.89. The number of carbonyl (C=O) groups is 1. The van der Waals surface area contributed by atoms with Crippen LogP contribution in [0.2, 0.25) is 0 Å². The number of nitrogens with zero attached hydrogens (tertiary/aromatic N) is 1. The maximum atomic E-state index is 12.3. The average Bonchev–Trinajstić information content (AvgIpc) is 2.27. The highest BCUT2D eigenvalue weighted by Crippen LogP contribution is 2.23. The molecular weight excluding hydrogens is 346 g/mol. The molecule has 0 radical (unpaired) electrons. The second kappa shape index (κ2) is 6.55. The highest BCUT2D eigenvalue weighted by molar-refractivity contribution is 9.11. The van der Waals surface area contributed by atoms with Crippen molar-refractivity contribution in [2.45, 2.75) is 32.7 Å². The summed E-state index contributed by atoms with van der Waals surface area (Å²) in [7, 11) is 1.86. The van der Waals surface area contributed by atoms with E-state index in [0.717, 1.165) is 21.8 Å². The molecule has 2 nitrogen and oxygen atoms in total. The van der Waals surface area contributed by atoms with Gasteiger partial charge in [-0.2, -0.15) is 0 Å². The smallest absolute Gasteiger partial charge is 0.254 e. The van der Waals surface area contributed by atoms with Gasteiger partial charge in [0.1, 0.15) is 0 Å². The molecule has 1 aromatic rings. The van der Waals surface area contributed by atoms with Gasteiger partial charge in [0, 0.05) is 22.0 Å². The van der Waals surface area contributed by atoms with Crippen LogP contribution in [0.5, 0.6) is 0 Å². The van der Waals surface area contributed by atoms with Gasteiger partial charge in [-0.1, -0.05) is 29.3 Å². The molecule has 0 aliphatic carbocycles. The monoisotopic (exact) mass is 361 g/mol. The van der Waals surface area contributed by atoms with E-state index in [9.17, 15) is 4.79 Å². The van der Waals surface area contributed by atoms with Crippen molar-refractivity contribution in [1.82, 2.24) is 4.90 Å². The normalized spacial score (nSPS) is 12.3. The number of rotatable bonds is 4. The van der Waals surface area contributed by atoms with E-state index >= 15 is 0 Å². The molecule has 0 aliphatic rings. The lowest BCUT2D eigenvalue weighted by Crippen LogP contribution is -2.35. The zero-order valence-electron chi connectivity index (χ0n) is 10.3. The van der Waals surface area contributed by atoms with Gasteiger partial charge in [-0.25, -0.2) is 0 Å². The second-order valence-corrected chi connectivity index (χ2v) is 5.95. The summed E-state index contributed by atoms with van der Waals surface area (Å²) in [6.45, 7) is 4.21. The van der Waals surface area contributed by atoms with Crippen molar-refractivity contribution in [2.24, 2.45) is 0 Å². The first-order chi connectivity index (χ1) is 7.97. The van der Waals surface area contributed by atoms with Crippen molar-refractivity contribution in [3.8, 4) is 0 Å². The predicted octanol–water partition coefficient (Wildman–Crippen LogP) is 4.47. The zero-order valence-corrected chi connectivity index (χ0v) is 13.5. The summed E-state index contributed by atoms with van der Waals surface area (Å²) in [5, 5.41) is 0. The van der Waals surface area contributed by atoms with Crippen molar-refractivity contribution in [3.63, 3.8) is 0 Å². The van der Waals surface area contributed by atoms with Gasteiger partial charge >= 0.3 is 0 Å². The molecule has 1 aromatic carbocycles. The van der Waals surface area contributed by atoms with Crippen molar-refractivity contribution in [2.75, 3.05) is 7.05 Å². The summed E-state index contributed by atoms with van der Waals surface area (Å²) in [4.78, 5) is 14.1. The van der Waals surface area contributed by atoms with Crippen LogP contribution in [0.25, 0.3) is 0 Å². The van der Waals surface area contributed by atoms with Crippen LogP contribution in [0.1, 0.15) is 37.0 Å². The Morgan fingerprint density at radius 1 is 1.41 bits per heavy atom. The van der Waals surface area contributed by atoms with Gasteiger partial charge in [0.05, 0.1) is 5.56 Å². The van der Waals surface area contributed by atoms with Crippen LogP contribution in [0, 0.1) is 0 Å². The Hall–Kier alpha value is -0.350. The van der Waals surface area contributed by atoms with E-state index in [1.807, 2.05) is 25.2 Å². The fraction of sp³-hybridized carbons (Fsp3) is 0.462. The van der Waals surface area contributed by atoms with Gasteiger partial charge in [-0.15, -0.1) is 0 Å². The molecule has 0 saturated heterocycles. The SMILES string of the molecule is CCCC(C)N(C)C(=O)c1ccc(Br)cc1Br. The van der Waals surface area contributed by atoms with Crippen molar-refractivity contribution >= 4 is 37.8 Å². The fourth-order valence-electron chi connectivity index (χ4n) is 1.66. The summed E-state index contributed by atoms with van der Waals surface area (Å²) < 4.78 is 1.79. The van der Waals surface area contributed by atoms with Crippen molar-refractivity contribution < 1.29 is 4.79 Å². The van der Waals surface area contributed by atoms with E-state index in [-0.39, 0.29) is 11.9 Å². The standard InChI is InChI=1S/C13H17Br2NO/c1-4-5-9(2)16(3)13(17)11-7-6-10(14)8-12(11)15/h6-9H,4-5H2,1-3H3. The third kappa shape index (κ3) is 3.81. The lowest BCUT2D eigenvalue weighted by atomic mass is 10.1. The maximum absolute atomic E-state index is 12.3. The minimum absolute atomic E-state index is 0.0605. The third-order valence-corrected chi connectivity index (χ3v) is 4.00. The quantitative estimate of drug-likeness (QED) is 0.773. The van der Waals surface area contributed by atoms with E-state index in [1.165, 1.54) is 0 Å². The Morgan fingerprint density at radius 2 is 2.06 bits per heavy atom. The van der Waals surface area contributed by atoms with Crippen LogP contribution in [-0.4, -0.2) is 23.9 Å². The molecule has 0 bridgehead atoms. The van der Waals surface area contributed by atoms with Gasteiger partial charge in [-0.3, -0.25) is 4.79 Å². The largest absolute Gasteiger partial charge is 0.339 e. The Bertz CT molecular complexity index is 406. The van der Waals surface area contributed by atoms with E-state index in [0.29, 0.717) is 5.56 Å². The van der Waals surface area contributed by atoms with Gasteiger partial charge in [0.25, 0.3) is 5.91 Å². The molecule has 1 atom stereocenters. The van der Waals surface area contributed by atoms with Gasteiger partial charge in [0.15, 0.2) is 0 Å². The molecule has 0 spiro atoms. The molecule has 4 heteroatoms. The van der Waals surface area contributed by atoms with Crippen LogP contribution >= 0.6 is 31.9 Å². The maximum Gasteiger partial charge on any atom is 0.254 e. The molecule has 17 heavy (non-hydrogen) atoms. The first-order valence-electron chi connectivity index (χ1n) is 5.69. The summed E-state index contributed by atoms with van der Waals surface area (Å²) in [5.74, 6) is 0.0605. The molecule has 1 amide bonds. The van der Waals surface area contributed by atoms with Crippen LogP contribution in [0.4, 0.5) is 0 Å². The summed E-state index contributed by atoms with van der Waals surface area (Å²) in [6.07, 6.45) is 2.11. The number of carbonyl (C=O) groups excluding carboxylic acids is 1. The summed E-state index contributed by atoms with van der Waals surface area (Å²) >= 11 is 6.81. The average molecular weight is 363 g/mol. The molecule has 1 rings (SSSR count). The summed E-state index contributed by atoms with van der Waals surface area (Å²) in [5.41, 5.74) is 0.707. The van der Waals surface area contributed by atoms with Crippen molar-refractivity contribution in [1.29, 1.82) is 0 Å². The van der Waals surface area contributed by atoms with Gasteiger partial charge in [0.2, 0.25) is 0 Å². The first kappa shape index (κ1) is 14.7. The first-order valence-corrected chi connectivity index (χ1v) is 7.28. The van der Waals surface area contributed by atoms with E-state index in [4.69, 9.17) is 0 Å². The van der Waals surface area contributed by atoms with E-state index in [1.54, 1.807) is 4.90 Å². The Balaban J connectivity index is 2.88. The lowest BCUT2D eigenvalue weighted by molar-refractivity contribution is 0.0736. The second-order valence-electron chi connectivity index (χ2n) is 4.18. The van der Waals surface area contributed by atoms with E-state index < -0.39 is 0 Å². The minimum Gasteiger partial charge on any atom is -0.339 e. The third-order valence-electron chi connectivity index (χ3n) is 2.85. The highest BCUT2D eigenvalue weighted by Gasteiger charge is 2.18. The predicted molar refractivity (Wildman–Crippen MR) is 78.3 cm³/mol. The van der Waals surface area contributed by atoms with Crippen LogP contribution in [0.3, 0.4) is 0 Å². The molecular formula is C13H17Br2NO. The molecule has 0 heterocycles. The number of benzene rings is 1. The zero-order chi connectivity index (χ0) is 13.0. The van der Waals surface area contributed by atoms with Crippen LogP contribution in [-0.2, 0) is 0 Å². The molecule has 0 fully saturated rings. The molecule has 0 aromatic heterocycles. The highest BCUT2D eigenvalue weighted by atomic mass is 79.9. The fourth-order valence-corrected chi connectivity index (χ4v) is 2.88. The number of hydrogen-bond acceptors (Lipinski definition) is 1. The number of halogens is 2. The topological polar surface area (TPSA) is 20.3 Å². The van der Waals surface area contributed by atoms with Crippen LogP contribution < -0.4 is 0 Å². The number of hydrogen-bond donors (Lipinski definition) is 0. The molecule has 0 saturated carbocycles. The Kier molecular flexibility index (Phi) is 5.67. The minimum atomic E-state index is 0.0605. The molecule has 0 aliphatic heterocycles. The van der Waals surface area contributed by atoms with E-state index in [2.05, 4.69) is 45.7 Å². The van der Waals surface area contributed by atoms with Gasteiger partial charge < -0.3 is 4.90 Å². The van der Waals surface area contributed by atoms with Crippen molar-refractivity contribution in [3.05, 3.63) is 32.7 Å².